The van der Waals surface area contributed by atoms with Crippen LogP contribution in [0.3, 0.4) is 0 Å². The van der Waals surface area contributed by atoms with Gasteiger partial charge in [0.05, 0.1) is 5.75 Å². The maximum absolute atomic E-state index is 12.5. The third-order valence-electron chi connectivity index (χ3n) is 3.80. The van der Waals surface area contributed by atoms with Crippen molar-refractivity contribution in [3.05, 3.63) is 41.5 Å². The van der Waals surface area contributed by atoms with E-state index in [4.69, 9.17) is 4.55 Å². The van der Waals surface area contributed by atoms with Crippen molar-refractivity contribution in [3.8, 4) is 0 Å². The fourth-order valence-corrected chi connectivity index (χ4v) is 3.86. The molecule has 2 aromatic carbocycles. The molecule has 2 N–H and O–H groups in total. The predicted octanol–water partition coefficient (Wildman–Crippen LogP) is 0.570. The van der Waals surface area contributed by atoms with Gasteiger partial charge in [0.25, 0.3) is 32.1 Å². The standard InChI is InChI=1S/C14H11NO8S2/c16-13-9-3-1-2-8-11(25(21,22)23)5-4-10(12(8)9)14(17)15(13)6-7-24(18,19)20/h1-5H,6-7H2,(H,18,19,20)(H,21,22,23). The molecule has 0 radical (unpaired) electrons. The van der Waals surface area contributed by atoms with Gasteiger partial charge in [0.1, 0.15) is 4.90 Å². The van der Waals surface area contributed by atoms with Gasteiger partial charge in [-0.05, 0) is 18.2 Å². The van der Waals surface area contributed by atoms with Crippen molar-refractivity contribution >= 4 is 42.8 Å². The van der Waals surface area contributed by atoms with Crippen LogP contribution in [-0.2, 0) is 20.2 Å². The number of carbonyl (C=O) groups is 2. The molecular weight excluding hydrogens is 374 g/mol. The van der Waals surface area contributed by atoms with E-state index in [-0.39, 0.29) is 21.9 Å². The zero-order valence-electron chi connectivity index (χ0n) is 12.4. The second-order valence-electron chi connectivity index (χ2n) is 5.36. The Morgan fingerprint density at radius 1 is 0.880 bits per heavy atom. The molecule has 0 spiro atoms. The van der Waals surface area contributed by atoms with E-state index in [9.17, 15) is 31.0 Å². The lowest BCUT2D eigenvalue weighted by Gasteiger charge is -2.27. The maximum atomic E-state index is 12.5. The summed E-state index contributed by atoms with van der Waals surface area (Å²) in [6, 6.07) is 6.26. The zero-order valence-corrected chi connectivity index (χ0v) is 14.0. The third kappa shape index (κ3) is 3.02. The first-order valence-corrected chi connectivity index (χ1v) is 9.90. The summed E-state index contributed by atoms with van der Waals surface area (Å²) in [5, 5.41) is 0.0735. The topological polar surface area (TPSA) is 146 Å². The molecule has 0 bridgehead atoms. The highest BCUT2D eigenvalue weighted by atomic mass is 32.2. The molecule has 9 nitrogen and oxygen atoms in total. The summed E-state index contributed by atoms with van der Waals surface area (Å²) in [6.45, 7) is -0.549. The van der Waals surface area contributed by atoms with E-state index in [0.29, 0.717) is 4.90 Å². The fourth-order valence-electron chi connectivity index (χ4n) is 2.75. The van der Waals surface area contributed by atoms with Gasteiger partial charge in [-0.2, -0.15) is 16.8 Å². The number of benzene rings is 2. The quantitative estimate of drug-likeness (QED) is 0.574. The summed E-state index contributed by atoms with van der Waals surface area (Å²) in [6.07, 6.45) is 0. The molecular formula is C14H11NO8S2. The molecule has 0 atom stereocenters. The number of rotatable bonds is 4. The molecule has 0 aliphatic carbocycles. The Hall–Kier alpha value is -2.34. The Bertz CT molecular complexity index is 1110. The van der Waals surface area contributed by atoms with Gasteiger partial charge in [-0.15, -0.1) is 0 Å². The Balaban J connectivity index is 2.22. The van der Waals surface area contributed by atoms with Crippen LogP contribution in [0, 0.1) is 0 Å². The van der Waals surface area contributed by atoms with Gasteiger partial charge < -0.3 is 0 Å². The Labute approximate surface area is 142 Å². The van der Waals surface area contributed by atoms with E-state index in [2.05, 4.69) is 0 Å². The van der Waals surface area contributed by atoms with Crippen LogP contribution in [0.15, 0.2) is 35.2 Å². The lowest BCUT2D eigenvalue weighted by atomic mass is 9.94. The van der Waals surface area contributed by atoms with Crippen molar-refractivity contribution in [1.82, 2.24) is 4.90 Å². The third-order valence-corrected chi connectivity index (χ3v) is 5.41. The average Bonchev–Trinajstić information content (AvgIpc) is 2.49. The van der Waals surface area contributed by atoms with E-state index in [0.717, 1.165) is 12.1 Å². The van der Waals surface area contributed by atoms with Crippen LogP contribution in [0.25, 0.3) is 10.8 Å². The minimum atomic E-state index is -4.57. The first kappa shape index (κ1) is 17.5. The van der Waals surface area contributed by atoms with Gasteiger partial charge in [-0.3, -0.25) is 23.6 Å². The lowest BCUT2D eigenvalue weighted by molar-refractivity contribution is 0.0620. The molecule has 0 saturated heterocycles. The number of hydrogen-bond acceptors (Lipinski definition) is 6. The van der Waals surface area contributed by atoms with Crippen LogP contribution in [0.1, 0.15) is 20.7 Å². The molecule has 1 aliphatic rings. The van der Waals surface area contributed by atoms with Gasteiger partial charge in [0, 0.05) is 28.4 Å². The van der Waals surface area contributed by atoms with E-state index in [1.165, 1.54) is 18.2 Å². The molecule has 11 heteroatoms. The van der Waals surface area contributed by atoms with Crippen molar-refractivity contribution in [2.75, 3.05) is 12.3 Å². The lowest BCUT2D eigenvalue weighted by Crippen LogP contribution is -2.42. The number of hydrogen-bond donors (Lipinski definition) is 2. The summed E-state index contributed by atoms with van der Waals surface area (Å²) >= 11 is 0. The first-order valence-electron chi connectivity index (χ1n) is 6.85. The van der Waals surface area contributed by atoms with Gasteiger partial charge in [0.15, 0.2) is 0 Å². The maximum Gasteiger partial charge on any atom is 0.295 e. The van der Waals surface area contributed by atoms with E-state index in [1.54, 1.807) is 0 Å². The van der Waals surface area contributed by atoms with Gasteiger partial charge >= 0.3 is 0 Å². The summed E-state index contributed by atoms with van der Waals surface area (Å²) in [5.41, 5.74) is -0.0131. The molecule has 0 unspecified atom stereocenters. The van der Waals surface area contributed by atoms with Crippen LogP contribution in [-0.4, -0.2) is 55.0 Å². The molecule has 2 amide bonds. The van der Waals surface area contributed by atoms with Crippen molar-refractivity contribution in [2.24, 2.45) is 0 Å². The Morgan fingerprint density at radius 3 is 2.04 bits per heavy atom. The molecule has 0 fully saturated rings. The second kappa shape index (κ2) is 5.59. The number of imide groups is 1. The van der Waals surface area contributed by atoms with Crippen LogP contribution in [0.5, 0.6) is 0 Å². The molecule has 2 aromatic rings. The van der Waals surface area contributed by atoms with Crippen molar-refractivity contribution in [3.63, 3.8) is 0 Å². The van der Waals surface area contributed by atoms with Crippen LogP contribution in [0.4, 0.5) is 0 Å². The second-order valence-corrected chi connectivity index (χ2v) is 8.32. The average molecular weight is 385 g/mol. The summed E-state index contributed by atoms with van der Waals surface area (Å²) < 4.78 is 62.9. The van der Waals surface area contributed by atoms with Crippen molar-refractivity contribution in [1.29, 1.82) is 0 Å². The highest BCUT2D eigenvalue weighted by Gasteiger charge is 2.34. The summed E-state index contributed by atoms with van der Waals surface area (Å²) in [7, 11) is -8.96. The molecule has 3 rings (SSSR count). The Morgan fingerprint density at radius 2 is 1.48 bits per heavy atom. The highest BCUT2D eigenvalue weighted by Crippen LogP contribution is 2.33. The number of carbonyl (C=O) groups excluding carboxylic acids is 2. The van der Waals surface area contributed by atoms with E-state index in [1.807, 2.05) is 0 Å². The highest BCUT2D eigenvalue weighted by molar-refractivity contribution is 7.86. The van der Waals surface area contributed by atoms with Crippen LogP contribution < -0.4 is 0 Å². The molecule has 0 aromatic heterocycles. The van der Waals surface area contributed by atoms with Crippen LogP contribution in [0.2, 0.25) is 0 Å². The predicted molar refractivity (Wildman–Crippen MR) is 85.5 cm³/mol. The molecule has 1 aliphatic heterocycles. The Kier molecular flexibility index (Phi) is 3.91. The number of nitrogens with zero attached hydrogens (tertiary/aromatic N) is 1. The SMILES string of the molecule is O=C1c2cccc3c(S(=O)(=O)O)ccc(c23)C(=O)N1CCS(=O)(=O)O. The van der Waals surface area contributed by atoms with Crippen LogP contribution >= 0.6 is 0 Å². The minimum absolute atomic E-state index is 0.00654. The van der Waals surface area contributed by atoms with Gasteiger partial charge in [0.2, 0.25) is 0 Å². The zero-order chi connectivity index (χ0) is 18.6. The molecule has 25 heavy (non-hydrogen) atoms. The van der Waals surface area contributed by atoms with Crippen molar-refractivity contribution in [2.45, 2.75) is 4.90 Å². The summed E-state index contributed by atoms with van der Waals surface area (Å²) in [5.74, 6) is -2.46. The number of amides is 2. The molecule has 1 heterocycles. The molecule has 132 valence electrons. The minimum Gasteiger partial charge on any atom is -0.285 e. The largest absolute Gasteiger partial charge is 0.295 e. The van der Waals surface area contributed by atoms with Crippen molar-refractivity contribution < 1.29 is 35.5 Å². The van der Waals surface area contributed by atoms with E-state index >= 15 is 0 Å². The van der Waals surface area contributed by atoms with Gasteiger partial charge in [-0.1, -0.05) is 12.1 Å². The normalized spacial score (nSPS) is 15.0. The fraction of sp³-hybridized carbons (Fsp3) is 0.143. The van der Waals surface area contributed by atoms with E-state index < -0.39 is 49.2 Å². The summed E-state index contributed by atoms with van der Waals surface area (Å²) in [4.78, 5) is 25.2. The first-order chi connectivity index (χ1) is 11.5. The van der Waals surface area contributed by atoms with Gasteiger partial charge in [-0.25, -0.2) is 0 Å². The smallest absolute Gasteiger partial charge is 0.285 e. The monoisotopic (exact) mass is 385 g/mol. The molecule has 0 saturated carbocycles.